The maximum Gasteiger partial charge on any atom is 0.170 e. The van der Waals surface area contributed by atoms with Crippen molar-refractivity contribution in [2.24, 2.45) is 0 Å². The second-order valence-corrected chi connectivity index (χ2v) is 6.07. The van der Waals surface area contributed by atoms with Crippen molar-refractivity contribution < 1.29 is 4.74 Å². The van der Waals surface area contributed by atoms with E-state index in [4.69, 9.17) is 4.74 Å². The summed E-state index contributed by atoms with van der Waals surface area (Å²) in [5.74, 6) is 2.56. The first kappa shape index (κ1) is 14.4. The minimum absolute atomic E-state index is 0.0785. The van der Waals surface area contributed by atoms with Crippen LogP contribution in [0, 0.1) is 6.92 Å². The topological polar surface area (TPSA) is 47.0 Å². The minimum Gasteiger partial charge on any atom is -0.480 e. The lowest BCUT2D eigenvalue weighted by Gasteiger charge is -2.24. The van der Waals surface area contributed by atoms with Crippen molar-refractivity contribution in [3.05, 3.63) is 47.5 Å². The maximum atomic E-state index is 6.07. The Morgan fingerprint density at radius 1 is 1.33 bits per heavy atom. The molecule has 1 atom stereocenters. The SMILES string of the molecule is CCNCc1cc(C)nc(C2CSc3ccccc3O2)n1. The van der Waals surface area contributed by atoms with Crippen molar-refractivity contribution in [2.75, 3.05) is 12.3 Å². The largest absolute Gasteiger partial charge is 0.480 e. The Morgan fingerprint density at radius 3 is 3.05 bits per heavy atom. The summed E-state index contributed by atoms with van der Waals surface area (Å²) >= 11 is 1.80. The fourth-order valence-electron chi connectivity index (χ4n) is 2.29. The summed E-state index contributed by atoms with van der Waals surface area (Å²) in [7, 11) is 0. The molecule has 5 heteroatoms. The van der Waals surface area contributed by atoms with Crippen LogP contribution in [0.25, 0.3) is 0 Å². The second kappa shape index (κ2) is 6.45. The van der Waals surface area contributed by atoms with Crippen LogP contribution in [0.15, 0.2) is 35.2 Å². The number of rotatable bonds is 4. The van der Waals surface area contributed by atoms with E-state index in [1.165, 1.54) is 4.90 Å². The first-order chi connectivity index (χ1) is 10.3. The summed E-state index contributed by atoms with van der Waals surface area (Å²) in [6.07, 6.45) is -0.0785. The molecule has 0 saturated carbocycles. The molecular weight excluding hydrogens is 282 g/mol. The number of para-hydroxylation sites is 1. The Kier molecular flexibility index (Phi) is 4.41. The number of hydrogen-bond acceptors (Lipinski definition) is 5. The summed E-state index contributed by atoms with van der Waals surface area (Å²) < 4.78 is 6.07. The summed E-state index contributed by atoms with van der Waals surface area (Å²) in [5.41, 5.74) is 2.01. The molecule has 3 rings (SSSR count). The third-order valence-electron chi connectivity index (χ3n) is 3.28. The van der Waals surface area contributed by atoms with Crippen molar-refractivity contribution in [3.63, 3.8) is 0 Å². The normalized spacial score (nSPS) is 17.1. The number of nitrogens with one attached hydrogen (secondary N) is 1. The molecule has 1 N–H and O–H groups in total. The molecular formula is C16H19N3OS. The predicted octanol–water partition coefficient (Wildman–Crippen LogP) is 3.12. The van der Waals surface area contributed by atoms with Crippen LogP contribution in [0.3, 0.4) is 0 Å². The van der Waals surface area contributed by atoms with E-state index in [-0.39, 0.29) is 6.10 Å². The van der Waals surface area contributed by atoms with Gasteiger partial charge in [-0.3, -0.25) is 0 Å². The zero-order valence-corrected chi connectivity index (χ0v) is 13.1. The molecule has 2 aromatic rings. The van der Waals surface area contributed by atoms with Gasteiger partial charge in [0.15, 0.2) is 11.9 Å². The quantitative estimate of drug-likeness (QED) is 0.940. The number of nitrogens with zero attached hydrogens (tertiary/aromatic N) is 2. The number of aryl methyl sites for hydroxylation is 1. The van der Waals surface area contributed by atoms with Gasteiger partial charge in [0.25, 0.3) is 0 Å². The van der Waals surface area contributed by atoms with Crippen LogP contribution >= 0.6 is 11.8 Å². The fraction of sp³-hybridized carbons (Fsp3) is 0.375. The molecule has 0 saturated heterocycles. The Labute approximate surface area is 129 Å². The molecule has 4 nitrogen and oxygen atoms in total. The molecule has 21 heavy (non-hydrogen) atoms. The van der Waals surface area contributed by atoms with Crippen LogP contribution in [0.1, 0.15) is 30.2 Å². The molecule has 0 spiro atoms. The highest BCUT2D eigenvalue weighted by Crippen LogP contribution is 2.39. The molecule has 0 amide bonds. The van der Waals surface area contributed by atoms with Crippen molar-refractivity contribution in [1.29, 1.82) is 0 Å². The van der Waals surface area contributed by atoms with E-state index >= 15 is 0 Å². The molecule has 1 unspecified atom stereocenters. The molecule has 0 aliphatic carbocycles. The Bertz CT molecular complexity index is 633. The lowest BCUT2D eigenvalue weighted by atomic mass is 10.2. The van der Waals surface area contributed by atoms with Gasteiger partial charge in [0.05, 0.1) is 5.69 Å². The summed E-state index contributed by atoms with van der Waals surface area (Å²) in [6, 6.07) is 10.1. The zero-order chi connectivity index (χ0) is 14.7. The highest BCUT2D eigenvalue weighted by Gasteiger charge is 2.24. The highest BCUT2D eigenvalue weighted by atomic mass is 32.2. The molecule has 0 radical (unpaired) electrons. The van der Waals surface area contributed by atoms with E-state index in [1.807, 2.05) is 31.2 Å². The Hall–Kier alpha value is -1.59. The van der Waals surface area contributed by atoms with Crippen LogP contribution in [-0.2, 0) is 6.54 Å². The third kappa shape index (κ3) is 3.36. The number of ether oxygens (including phenoxy) is 1. The zero-order valence-electron chi connectivity index (χ0n) is 12.3. The van der Waals surface area contributed by atoms with Crippen LogP contribution in [-0.4, -0.2) is 22.3 Å². The minimum atomic E-state index is -0.0785. The molecule has 1 aromatic carbocycles. The van der Waals surface area contributed by atoms with Gasteiger partial charge in [-0.25, -0.2) is 9.97 Å². The Morgan fingerprint density at radius 2 is 2.19 bits per heavy atom. The monoisotopic (exact) mass is 301 g/mol. The molecule has 1 aromatic heterocycles. The van der Waals surface area contributed by atoms with Crippen LogP contribution in [0.2, 0.25) is 0 Å². The van der Waals surface area contributed by atoms with Crippen LogP contribution in [0.4, 0.5) is 0 Å². The van der Waals surface area contributed by atoms with E-state index < -0.39 is 0 Å². The first-order valence-electron chi connectivity index (χ1n) is 7.20. The molecule has 0 fully saturated rings. The smallest absolute Gasteiger partial charge is 0.170 e. The van der Waals surface area contributed by atoms with Gasteiger partial charge in [0, 0.05) is 22.9 Å². The van der Waals surface area contributed by atoms with Crippen molar-refractivity contribution in [2.45, 2.75) is 31.4 Å². The van der Waals surface area contributed by atoms with E-state index in [0.29, 0.717) is 0 Å². The van der Waals surface area contributed by atoms with Crippen molar-refractivity contribution in [1.82, 2.24) is 15.3 Å². The van der Waals surface area contributed by atoms with Gasteiger partial charge in [-0.2, -0.15) is 0 Å². The lowest BCUT2D eigenvalue weighted by molar-refractivity contribution is 0.209. The molecule has 0 bridgehead atoms. The van der Waals surface area contributed by atoms with Crippen molar-refractivity contribution in [3.8, 4) is 5.75 Å². The van der Waals surface area contributed by atoms with Gasteiger partial charge >= 0.3 is 0 Å². The number of hydrogen-bond donors (Lipinski definition) is 1. The van der Waals surface area contributed by atoms with Crippen LogP contribution < -0.4 is 10.1 Å². The van der Waals surface area contributed by atoms with E-state index in [0.717, 1.165) is 41.8 Å². The maximum absolute atomic E-state index is 6.07. The predicted molar refractivity (Wildman–Crippen MR) is 84.7 cm³/mol. The first-order valence-corrected chi connectivity index (χ1v) is 8.18. The van der Waals surface area contributed by atoms with E-state index in [2.05, 4.69) is 28.3 Å². The number of thioether (sulfide) groups is 1. The van der Waals surface area contributed by atoms with E-state index in [1.54, 1.807) is 11.8 Å². The molecule has 1 aliphatic rings. The van der Waals surface area contributed by atoms with E-state index in [9.17, 15) is 0 Å². The number of aromatic nitrogens is 2. The lowest BCUT2D eigenvalue weighted by Crippen LogP contribution is -2.20. The van der Waals surface area contributed by atoms with Gasteiger partial charge < -0.3 is 10.1 Å². The van der Waals surface area contributed by atoms with Gasteiger partial charge in [0.1, 0.15) is 5.75 Å². The van der Waals surface area contributed by atoms with Gasteiger partial charge in [-0.15, -0.1) is 11.8 Å². The molecule has 1 aliphatic heterocycles. The van der Waals surface area contributed by atoms with Crippen molar-refractivity contribution >= 4 is 11.8 Å². The molecule has 110 valence electrons. The standard InChI is InChI=1S/C16H19N3OS/c1-3-17-9-12-8-11(2)18-16(19-12)14-10-21-15-7-5-4-6-13(15)20-14/h4-8,14,17H,3,9-10H2,1-2H3. The summed E-state index contributed by atoms with van der Waals surface area (Å²) in [6.45, 7) is 5.79. The third-order valence-corrected chi connectivity index (χ3v) is 4.39. The average Bonchev–Trinajstić information content (AvgIpc) is 2.52. The fourth-order valence-corrected chi connectivity index (χ4v) is 3.27. The second-order valence-electron chi connectivity index (χ2n) is 5.00. The summed E-state index contributed by atoms with van der Waals surface area (Å²) in [5, 5.41) is 3.30. The summed E-state index contributed by atoms with van der Waals surface area (Å²) in [4.78, 5) is 10.4. The molecule has 2 heterocycles. The van der Waals surface area contributed by atoms with Gasteiger partial charge in [-0.1, -0.05) is 19.1 Å². The average molecular weight is 301 g/mol. The number of benzene rings is 1. The van der Waals surface area contributed by atoms with Gasteiger partial charge in [0.2, 0.25) is 0 Å². The van der Waals surface area contributed by atoms with Crippen LogP contribution in [0.5, 0.6) is 5.75 Å². The van der Waals surface area contributed by atoms with Gasteiger partial charge in [-0.05, 0) is 31.7 Å². The number of fused-ring (bicyclic) bond motifs is 1. The Balaban J connectivity index is 1.83. The highest BCUT2D eigenvalue weighted by molar-refractivity contribution is 7.99.